The van der Waals surface area contributed by atoms with Crippen LogP contribution < -0.4 is 0 Å². The lowest BCUT2D eigenvalue weighted by Crippen LogP contribution is -2.35. The molecule has 0 saturated heterocycles. The number of hydrogen-bond donors (Lipinski definition) is 0. The van der Waals surface area contributed by atoms with Crippen LogP contribution in [-0.2, 0) is 9.47 Å². The molecule has 0 aliphatic carbocycles. The molecule has 0 N–H and O–H groups in total. The van der Waals surface area contributed by atoms with Gasteiger partial charge in [-0.2, -0.15) is 0 Å². The molecule has 2 nitrogen and oxygen atoms in total. The summed E-state index contributed by atoms with van der Waals surface area (Å²) in [4.78, 5) is 0. The standard InChI is InChI=1S/C13H28O2/c1-7-9-13(4,10-8-11(2)3)12(14-5)15-6/h11-12H,7-10H2,1-6H3. The fourth-order valence-corrected chi connectivity index (χ4v) is 2.22. The summed E-state index contributed by atoms with van der Waals surface area (Å²) in [7, 11) is 3.47. The molecule has 0 fully saturated rings. The van der Waals surface area contributed by atoms with Crippen LogP contribution >= 0.6 is 0 Å². The summed E-state index contributed by atoms with van der Waals surface area (Å²) in [5.74, 6) is 0.746. The van der Waals surface area contributed by atoms with Crippen molar-refractivity contribution in [3.8, 4) is 0 Å². The van der Waals surface area contributed by atoms with Gasteiger partial charge in [0, 0.05) is 19.6 Å². The van der Waals surface area contributed by atoms with Crippen molar-refractivity contribution in [3.05, 3.63) is 0 Å². The second-order valence-electron chi connectivity index (χ2n) is 5.14. The van der Waals surface area contributed by atoms with E-state index in [1.807, 2.05) is 0 Å². The lowest BCUT2D eigenvalue weighted by Gasteiger charge is -2.36. The molecule has 0 amide bonds. The molecule has 0 aliphatic heterocycles. The molecule has 0 bridgehead atoms. The van der Waals surface area contributed by atoms with E-state index in [0.29, 0.717) is 0 Å². The highest BCUT2D eigenvalue weighted by molar-refractivity contribution is 4.78. The van der Waals surface area contributed by atoms with Crippen molar-refractivity contribution in [2.75, 3.05) is 14.2 Å². The average molecular weight is 216 g/mol. The molecule has 0 aliphatic rings. The molecule has 0 heterocycles. The van der Waals surface area contributed by atoms with E-state index in [1.54, 1.807) is 14.2 Å². The Morgan fingerprint density at radius 3 is 1.93 bits per heavy atom. The first-order chi connectivity index (χ1) is 7.00. The van der Waals surface area contributed by atoms with Crippen LogP contribution in [0, 0.1) is 11.3 Å². The molecular formula is C13H28O2. The molecule has 0 radical (unpaired) electrons. The Morgan fingerprint density at radius 2 is 1.60 bits per heavy atom. The van der Waals surface area contributed by atoms with Gasteiger partial charge in [0.1, 0.15) is 0 Å². The Bertz CT molecular complexity index is 153. The van der Waals surface area contributed by atoms with E-state index in [1.165, 1.54) is 19.3 Å². The minimum Gasteiger partial charge on any atom is -0.355 e. The normalized spacial score (nSPS) is 16.0. The number of rotatable bonds is 8. The van der Waals surface area contributed by atoms with Crippen molar-refractivity contribution in [1.82, 2.24) is 0 Å². The molecule has 0 aromatic heterocycles. The monoisotopic (exact) mass is 216 g/mol. The Labute approximate surface area is 95.3 Å². The van der Waals surface area contributed by atoms with Crippen molar-refractivity contribution in [2.45, 2.75) is 59.7 Å². The highest BCUT2D eigenvalue weighted by atomic mass is 16.7. The van der Waals surface area contributed by atoms with Gasteiger partial charge in [0.05, 0.1) is 0 Å². The predicted molar refractivity (Wildman–Crippen MR) is 64.9 cm³/mol. The quantitative estimate of drug-likeness (QED) is 0.574. The molecule has 0 spiro atoms. The van der Waals surface area contributed by atoms with E-state index in [4.69, 9.17) is 9.47 Å². The van der Waals surface area contributed by atoms with Gasteiger partial charge in [-0.1, -0.05) is 40.5 Å². The molecule has 0 aromatic carbocycles. The second-order valence-corrected chi connectivity index (χ2v) is 5.14. The number of hydrogen-bond acceptors (Lipinski definition) is 2. The maximum atomic E-state index is 5.43. The molecule has 1 unspecified atom stereocenters. The van der Waals surface area contributed by atoms with Gasteiger partial charge in [0.2, 0.25) is 0 Å². The molecule has 15 heavy (non-hydrogen) atoms. The summed E-state index contributed by atoms with van der Waals surface area (Å²) in [5.41, 5.74) is 0.155. The van der Waals surface area contributed by atoms with Crippen LogP contribution in [-0.4, -0.2) is 20.5 Å². The first kappa shape index (κ1) is 14.9. The van der Waals surface area contributed by atoms with Crippen LogP contribution in [0.2, 0.25) is 0 Å². The highest BCUT2D eigenvalue weighted by Gasteiger charge is 2.33. The van der Waals surface area contributed by atoms with E-state index in [-0.39, 0.29) is 11.7 Å². The Kier molecular flexibility index (Phi) is 7.20. The average Bonchev–Trinajstić information content (AvgIpc) is 2.17. The van der Waals surface area contributed by atoms with Crippen LogP contribution in [0.25, 0.3) is 0 Å². The molecular weight excluding hydrogens is 188 g/mol. The maximum absolute atomic E-state index is 5.43. The third-order valence-corrected chi connectivity index (χ3v) is 3.11. The van der Waals surface area contributed by atoms with E-state index >= 15 is 0 Å². The second kappa shape index (κ2) is 7.24. The summed E-state index contributed by atoms with van der Waals surface area (Å²) in [6.45, 7) is 9.02. The van der Waals surface area contributed by atoms with Crippen LogP contribution in [0.15, 0.2) is 0 Å². The Morgan fingerprint density at radius 1 is 1.07 bits per heavy atom. The molecule has 2 heteroatoms. The van der Waals surface area contributed by atoms with E-state index in [0.717, 1.165) is 12.3 Å². The zero-order chi connectivity index (χ0) is 11.9. The number of ether oxygens (including phenoxy) is 2. The molecule has 0 rings (SSSR count). The fourth-order valence-electron chi connectivity index (χ4n) is 2.22. The largest absolute Gasteiger partial charge is 0.355 e. The summed E-state index contributed by atoms with van der Waals surface area (Å²) in [5, 5.41) is 0. The summed E-state index contributed by atoms with van der Waals surface area (Å²) in [6.07, 6.45) is 4.67. The van der Waals surface area contributed by atoms with Gasteiger partial charge in [-0.15, -0.1) is 0 Å². The van der Waals surface area contributed by atoms with Crippen LogP contribution in [0.5, 0.6) is 0 Å². The summed E-state index contributed by atoms with van der Waals surface area (Å²) in [6, 6.07) is 0. The summed E-state index contributed by atoms with van der Waals surface area (Å²) >= 11 is 0. The fraction of sp³-hybridized carbons (Fsp3) is 1.00. The minimum absolute atomic E-state index is 0.0730. The maximum Gasteiger partial charge on any atom is 0.162 e. The molecule has 0 aromatic rings. The van der Waals surface area contributed by atoms with Gasteiger partial charge in [0.25, 0.3) is 0 Å². The van der Waals surface area contributed by atoms with Gasteiger partial charge in [-0.05, 0) is 18.8 Å². The van der Waals surface area contributed by atoms with Gasteiger partial charge in [0.15, 0.2) is 6.29 Å². The van der Waals surface area contributed by atoms with Crippen molar-refractivity contribution >= 4 is 0 Å². The Balaban J connectivity index is 4.41. The van der Waals surface area contributed by atoms with Gasteiger partial charge < -0.3 is 9.47 Å². The smallest absolute Gasteiger partial charge is 0.162 e. The topological polar surface area (TPSA) is 18.5 Å². The number of methoxy groups -OCH3 is 2. The lowest BCUT2D eigenvalue weighted by atomic mass is 9.79. The zero-order valence-electron chi connectivity index (χ0n) is 11.3. The van der Waals surface area contributed by atoms with Gasteiger partial charge in [-0.3, -0.25) is 0 Å². The van der Waals surface area contributed by atoms with Crippen molar-refractivity contribution in [2.24, 2.45) is 11.3 Å². The van der Waals surface area contributed by atoms with Crippen molar-refractivity contribution in [3.63, 3.8) is 0 Å². The van der Waals surface area contributed by atoms with E-state index in [2.05, 4.69) is 27.7 Å². The first-order valence-corrected chi connectivity index (χ1v) is 6.05. The minimum atomic E-state index is -0.0730. The van der Waals surface area contributed by atoms with Crippen molar-refractivity contribution in [1.29, 1.82) is 0 Å². The van der Waals surface area contributed by atoms with E-state index in [9.17, 15) is 0 Å². The van der Waals surface area contributed by atoms with E-state index < -0.39 is 0 Å². The lowest BCUT2D eigenvalue weighted by molar-refractivity contribution is -0.178. The highest BCUT2D eigenvalue weighted by Crippen LogP contribution is 2.36. The Hall–Kier alpha value is -0.0800. The van der Waals surface area contributed by atoms with Crippen LogP contribution in [0.4, 0.5) is 0 Å². The van der Waals surface area contributed by atoms with Crippen molar-refractivity contribution < 1.29 is 9.47 Å². The molecule has 0 saturated carbocycles. The first-order valence-electron chi connectivity index (χ1n) is 6.05. The zero-order valence-corrected chi connectivity index (χ0v) is 11.3. The third-order valence-electron chi connectivity index (χ3n) is 3.11. The molecule has 1 atom stereocenters. The SMILES string of the molecule is CCCC(C)(CCC(C)C)C(OC)OC. The van der Waals surface area contributed by atoms with Crippen LogP contribution in [0.1, 0.15) is 53.4 Å². The molecule has 92 valence electrons. The van der Waals surface area contributed by atoms with Crippen LogP contribution in [0.3, 0.4) is 0 Å². The van der Waals surface area contributed by atoms with Gasteiger partial charge in [-0.25, -0.2) is 0 Å². The summed E-state index contributed by atoms with van der Waals surface area (Å²) < 4.78 is 10.9. The third kappa shape index (κ3) is 4.98. The van der Waals surface area contributed by atoms with Gasteiger partial charge >= 0.3 is 0 Å². The predicted octanol–water partition coefficient (Wildman–Crippen LogP) is 3.85.